The molecule has 3 rings (SSSR count). The van der Waals surface area contributed by atoms with Gasteiger partial charge in [0.25, 0.3) is 11.5 Å². The SMILES string of the molecule is CN1c2c(nc(N)[nH]c2=O)NCC1CNc1ccc(C(=O)N[C@@H](CCC(=O)O)C(=O)O)cc1.N[C@@H](CCS)C(=O)O. The summed E-state index contributed by atoms with van der Waals surface area (Å²) in [4.78, 5) is 64.8. The van der Waals surface area contributed by atoms with E-state index >= 15 is 0 Å². The number of aromatic nitrogens is 2. The number of nitrogens with zero attached hydrogens (tertiary/aromatic N) is 2. The smallest absolute Gasteiger partial charge is 0.326 e. The summed E-state index contributed by atoms with van der Waals surface area (Å²) in [6.07, 6.45) is -0.157. The second-order valence-electron chi connectivity index (χ2n) is 9.01. The third kappa shape index (κ3) is 9.87. The van der Waals surface area contributed by atoms with Crippen molar-refractivity contribution in [1.82, 2.24) is 15.3 Å². The number of anilines is 4. The normalized spacial score (nSPS) is 15.2. The molecule has 0 bridgehead atoms. The number of carboxylic acid groups (broad SMARTS) is 3. The highest BCUT2D eigenvalue weighted by Crippen LogP contribution is 2.25. The van der Waals surface area contributed by atoms with Crippen molar-refractivity contribution < 1.29 is 34.5 Å². The molecule has 1 aromatic heterocycles. The number of hydrogen-bond acceptors (Lipinski definition) is 12. The Morgan fingerprint density at radius 1 is 1.15 bits per heavy atom. The summed E-state index contributed by atoms with van der Waals surface area (Å²) in [5.74, 6) is -3.03. The molecule has 0 fully saturated rings. The average molecular weight is 595 g/mol. The van der Waals surface area contributed by atoms with E-state index < -0.39 is 35.9 Å². The molecule has 0 aliphatic carbocycles. The van der Waals surface area contributed by atoms with Crippen LogP contribution in [0.3, 0.4) is 0 Å². The highest BCUT2D eigenvalue weighted by molar-refractivity contribution is 7.80. The first kappa shape index (κ1) is 32.7. The van der Waals surface area contributed by atoms with Gasteiger partial charge in [0.2, 0.25) is 5.95 Å². The second-order valence-corrected chi connectivity index (χ2v) is 9.45. The Kier molecular flexibility index (Phi) is 12.2. The van der Waals surface area contributed by atoms with Crippen LogP contribution < -0.4 is 37.9 Å². The van der Waals surface area contributed by atoms with Crippen LogP contribution in [0.25, 0.3) is 0 Å². The predicted octanol–water partition coefficient (Wildman–Crippen LogP) is -0.539. The molecular weight excluding hydrogens is 560 g/mol. The van der Waals surface area contributed by atoms with Gasteiger partial charge in [-0.1, -0.05) is 0 Å². The summed E-state index contributed by atoms with van der Waals surface area (Å²) in [5.41, 5.74) is 11.7. The van der Waals surface area contributed by atoms with Crippen LogP contribution in [0.5, 0.6) is 0 Å². The quantitative estimate of drug-likeness (QED) is 0.138. The maximum Gasteiger partial charge on any atom is 0.326 e. The van der Waals surface area contributed by atoms with Crippen LogP contribution in [0.4, 0.5) is 23.1 Å². The Bertz CT molecular complexity index is 1290. The molecule has 3 atom stereocenters. The number of benzene rings is 1. The Hall–Kier alpha value is -4.51. The highest BCUT2D eigenvalue weighted by atomic mass is 32.1. The van der Waals surface area contributed by atoms with Crippen molar-refractivity contribution in [3.63, 3.8) is 0 Å². The van der Waals surface area contributed by atoms with Gasteiger partial charge in [-0.25, -0.2) is 4.79 Å². The Balaban J connectivity index is 0.000000642. The van der Waals surface area contributed by atoms with Gasteiger partial charge in [0.1, 0.15) is 17.8 Å². The number of nitrogens with one attached hydrogen (secondary N) is 4. The minimum absolute atomic E-state index is 0.0388. The van der Waals surface area contributed by atoms with Crippen molar-refractivity contribution in [2.24, 2.45) is 5.73 Å². The van der Waals surface area contributed by atoms with E-state index in [1.165, 1.54) is 12.1 Å². The number of amides is 1. The lowest BCUT2D eigenvalue weighted by atomic mass is 10.1. The van der Waals surface area contributed by atoms with Crippen molar-refractivity contribution in [3.05, 3.63) is 40.2 Å². The van der Waals surface area contributed by atoms with Crippen molar-refractivity contribution in [2.45, 2.75) is 37.4 Å². The van der Waals surface area contributed by atoms with Gasteiger partial charge in [0, 0.05) is 37.8 Å². The number of H-pyrrole nitrogens is 1. The molecule has 0 spiro atoms. The molecule has 0 saturated heterocycles. The zero-order valence-electron chi connectivity index (χ0n) is 22.2. The molecule has 1 aliphatic rings. The first-order valence-electron chi connectivity index (χ1n) is 12.4. The van der Waals surface area contributed by atoms with E-state index in [0.717, 1.165) is 5.69 Å². The largest absolute Gasteiger partial charge is 0.481 e. The average Bonchev–Trinajstić information content (AvgIpc) is 2.90. The lowest BCUT2D eigenvalue weighted by Gasteiger charge is -2.35. The van der Waals surface area contributed by atoms with Crippen LogP contribution >= 0.6 is 12.6 Å². The molecule has 16 nitrogen and oxygen atoms in total. The number of fused-ring (bicyclic) bond motifs is 1. The van der Waals surface area contributed by atoms with Crippen LogP contribution in [-0.4, -0.2) is 93.1 Å². The molecular formula is C24H34N8O8S. The molecule has 0 saturated carbocycles. The van der Waals surface area contributed by atoms with Crippen LogP contribution in [0.15, 0.2) is 29.1 Å². The summed E-state index contributed by atoms with van der Waals surface area (Å²) >= 11 is 3.81. The minimum Gasteiger partial charge on any atom is -0.481 e. The van der Waals surface area contributed by atoms with E-state index in [1.54, 1.807) is 19.2 Å². The topological polar surface area (TPSA) is 266 Å². The molecule has 1 aromatic carbocycles. The van der Waals surface area contributed by atoms with Crippen LogP contribution in [0.2, 0.25) is 0 Å². The van der Waals surface area contributed by atoms with E-state index in [0.29, 0.717) is 36.8 Å². The monoisotopic (exact) mass is 594 g/mol. The summed E-state index contributed by atoms with van der Waals surface area (Å²) in [6, 6.07) is 4.29. The molecule has 1 unspecified atom stereocenters. The third-order valence-electron chi connectivity index (χ3n) is 6.02. The van der Waals surface area contributed by atoms with Gasteiger partial charge in [-0.15, -0.1) is 0 Å². The fourth-order valence-corrected chi connectivity index (χ4v) is 3.96. The summed E-state index contributed by atoms with van der Waals surface area (Å²) < 4.78 is 0. The van der Waals surface area contributed by atoms with E-state index in [1.807, 2.05) is 4.90 Å². The number of hydrogen-bond donors (Lipinski definition) is 10. The Labute approximate surface area is 239 Å². The molecule has 1 aliphatic heterocycles. The molecule has 2 heterocycles. The van der Waals surface area contributed by atoms with Crippen LogP contribution in [-0.2, 0) is 14.4 Å². The lowest BCUT2D eigenvalue weighted by Crippen LogP contribution is -2.48. The summed E-state index contributed by atoms with van der Waals surface area (Å²) in [5, 5.41) is 34.7. The first-order valence-corrected chi connectivity index (χ1v) is 13.0. The highest BCUT2D eigenvalue weighted by Gasteiger charge is 2.27. The van der Waals surface area contributed by atoms with E-state index in [-0.39, 0.29) is 36.0 Å². The van der Waals surface area contributed by atoms with Gasteiger partial charge in [0.05, 0.1) is 6.04 Å². The molecule has 1 amide bonds. The maximum absolute atomic E-state index is 12.3. The number of rotatable bonds is 12. The van der Waals surface area contributed by atoms with Gasteiger partial charge >= 0.3 is 17.9 Å². The predicted molar refractivity (Wildman–Crippen MR) is 155 cm³/mol. The third-order valence-corrected chi connectivity index (χ3v) is 6.27. The van der Waals surface area contributed by atoms with Gasteiger partial charge in [0.15, 0.2) is 5.82 Å². The molecule has 11 N–H and O–H groups in total. The number of carbonyl (C=O) groups excluding carboxylic acids is 1. The van der Waals surface area contributed by atoms with Gasteiger partial charge in [-0.2, -0.15) is 17.6 Å². The number of carboxylic acids is 3. The maximum atomic E-state index is 12.3. The minimum atomic E-state index is -1.30. The number of thiol groups is 1. The molecule has 41 heavy (non-hydrogen) atoms. The number of nitrogen functional groups attached to an aromatic ring is 1. The first-order chi connectivity index (χ1) is 19.3. The fourth-order valence-electron chi connectivity index (χ4n) is 3.68. The molecule has 17 heteroatoms. The van der Waals surface area contributed by atoms with Gasteiger partial charge < -0.3 is 47.6 Å². The van der Waals surface area contributed by atoms with E-state index in [9.17, 15) is 29.1 Å². The molecule has 0 radical (unpaired) electrons. The fraction of sp³-hybridized carbons (Fsp3) is 0.417. The number of aromatic amines is 1. The zero-order chi connectivity index (χ0) is 30.7. The lowest BCUT2D eigenvalue weighted by molar-refractivity contribution is -0.141. The van der Waals surface area contributed by atoms with Crippen LogP contribution in [0, 0.1) is 0 Å². The summed E-state index contributed by atoms with van der Waals surface area (Å²) in [7, 11) is 1.79. The number of nitrogens with two attached hydrogens (primary N) is 2. The number of carbonyl (C=O) groups is 4. The number of likely N-dealkylation sites (N-methyl/N-ethyl adjacent to an activating group) is 1. The van der Waals surface area contributed by atoms with Gasteiger partial charge in [-0.3, -0.25) is 24.2 Å². The van der Waals surface area contributed by atoms with E-state index in [2.05, 4.69) is 38.5 Å². The zero-order valence-corrected chi connectivity index (χ0v) is 23.1. The van der Waals surface area contributed by atoms with Crippen molar-refractivity contribution in [2.75, 3.05) is 47.2 Å². The van der Waals surface area contributed by atoms with Crippen molar-refractivity contribution >= 4 is 59.6 Å². The van der Waals surface area contributed by atoms with E-state index in [4.69, 9.17) is 21.7 Å². The number of aliphatic carboxylic acids is 3. The standard InChI is InChI=1S/C20H25N7O6.C4H9NO2S/c1-27-12(9-23-16-15(27)18(31)26-20(21)25-16)8-22-11-4-2-10(3-5-11)17(30)24-13(19(32)33)6-7-14(28)29;5-3(1-2-8)4(6)7/h2-5,12-13,22H,6-9H2,1H3,(H,24,30)(H,28,29)(H,32,33)(H4,21,23,25,26,31);3,8H,1-2,5H2,(H,6,7)/t12?,13-;3-/m00/s1. The Morgan fingerprint density at radius 3 is 2.34 bits per heavy atom. The van der Waals surface area contributed by atoms with Crippen LogP contribution in [0.1, 0.15) is 29.6 Å². The Morgan fingerprint density at radius 2 is 1.80 bits per heavy atom. The second kappa shape index (κ2) is 15.3. The van der Waals surface area contributed by atoms with Crippen molar-refractivity contribution in [3.8, 4) is 0 Å². The molecule has 2 aromatic rings. The summed E-state index contributed by atoms with van der Waals surface area (Å²) in [6.45, 7) is 1.01. The molecule has 224 valence electrons. The van der Waals surface area contributed by atoms with Gasteiger partial charge in [-0.05, 0) is 42.9 Å². The van der Waals surface area contributed by atoms with Crippen molar-refractivity contribution in [1.29, 1.82) is 0 Å².